The zero-order chi connectivity index (χ0) is 14.4. The summed E-state index contributed by atoms with van der Waals surface area (Å²) in [5.41, 5.74) is 1.10. The van der Waals surface area contributed by atoms with E-state index in [2.05, 4.69) is 5.32 Å². The van der Waals surface area contributed by atoms with Crippen LogP contribution in [0.5, 0.6) is 0 Å². The van der Waals surface area contributed by atoms with E-state index in [4.69, 9.17) is 4.74 Å². The molecule has 5 heteroatoms. The van der Waals surface area contributed by atoms with Gasteiger partial charge >= 0.3 is 6.09 Å². The number of rotatable bonds is 4. The first-order valence-corrected chi connectivity index (χ1v) is 5.91. The predicted molar refractivity (Wildman–Crippen MR) is 72.0 cm³/mol. The maximum Gasteiger partial charge on any atom is 0.411 e. The normalized spacial score (nSPS) is 9.85. The zero-order valence-electron chi connectivity index (χ0n) is 10.5. The van der Waals surface area contributed by atoms with Gasteiger partial charge in [-0.1, -0.05) is 30.3 Å². The first kappa shape index (κ1) is 13.7. The molecule has 0 saturated heterocycles. The van der Waals surface area contributed by atoms with Gasteiger partial charge in [0.1, 0.15) is 12.4 Å². The van der Waals surface area contributed by atoms with Crippen LogP contribution in [-0.2, 0) is 11.3 Å². The van der Waals surface area contributed by atoms with E-state index in [1.54, 1.807) is 0 Å². The lowest BCUT2D eigenvalue weighted by Gasteiger charge is -2.08. The lowest BCUT2D eigenvalue weighted by Crippen LogP contribution is -2.14. The van der Waals surface area contributed by atoms with Crippen molar-refractivity contribution in [3.63, 3.8) is 0 Å². The minimum Gasteiger partial charge on any atom is -0.444 e. The van der Waals surface area contributed by atoms with E-state index < -0.39 is 11.9 Å². The number of anilines is 1. The zero-order valence-corrected chi connectivity index (χ0v) is 10.5. The van der Waals surface area contributed by atoms with Crippen molar-refractivity contribution in [1.82, 2.24) is 0 Å². The van der Waals surface area contributed by atoms with Gasteiger partial charge in [-0.2, -0.15) is 0 Å². The van der Waals surface area contributed by atoms with Gasteiger partial charge in [0, 0.05) is 5.56 Å². The lowest BCUT2D eigenvalue weighted by molar-refractivity contribution is 0.112. The highest BCUT2D eigenvalue weighted by molar-refractivity contribution is 5.93. The standard InChI is InChI=1S/C15H12FNO3/c16-13-7-6-12(9-18)14(8-13)17-15(19)20-10-11-4-2-1-3-5-11/h1-9H,10H2,(H,17,19). The third-order valence-corrected chi connectivity index (χ3v) is 2.59. The molecule has 0 atom stereocenters. The summed E-state index contributed by atoms with van der Waals surface area (Å²) in [5, 5.41) is 2.34. The van der Waals surface area contributed by atoms with E-state index in [-0.39, 0.29) is 17.9 Å². The van der Waals surface area contributed by atoms with Gasteiger partial charge < -0.3 is 4.74 Å². The third kappa shape index (κ3) is 3.65. The highest BCUT2D eigenvalue weighted by atomic mass is 19.1. The van der Waals surface area contributed by atoms with Crippen LogP contribution in [0.2, 0.25) is 0 Å². The van der Waals surface area contributed by atoms with Gasteiger partial charge in [-0.25, -0.2) is 9.18 Å². The smallest absolute Gasteiger partial charge is 0.411 e. The number of carbonyl (C=O) groups is 2. The highest BCUT2D eigenvalue weighted by Crippen LogP contribution is 2.15. The number of halogens is 1. The second kappa shape index (κ2) is 6.47. The van der Waals surface area contributed by atoms with Crippen molar-refractivity contribution in [2.75, 3.05) is 5.32 Å². The first-order valence-electron chi connectivity index (χ1n) is 5.91. The van der Waals surface area contributed by atoms with Crippen LogP contribution >= 0.6 is 0 Å². The minimum absolute atomic E-state index is 0.0815. The Balaban J connectivity index is 1.98. The molecule has 0 saturated carbocycles. The molecule has 1 amide bonds. The fourth-order valence-corrected chi connectivity index (χ4v) is 1.61. The third-order valence-electron chi connectivity index (χ3n) is 2.59. The van der Waals surface area contributed by atoms with Crippen molar-refractivity contribution in [1.29, 1.82) is 0 Å². The SMILES string of the molecule is O=Cc1ccc(F)cc1NC(=O)OCc1ccccc1. The van der Waals surface area contributed by atoms with Gasteiger partial charge in [-0.15, -0.1) is 0 Å². The summed E-state index contributed by atoms with van der Waals surface area (Å²) >= 11 is 0. The van der Waals surface area contributed by atoms with Crippen molar-refractivity contribution in [2.24, 2.45) is 0 Å². The second-order valence-corrected chi connectivity index (χ2v) is 4.04. The van der Waals surface area contributed by atoms with Crippen molar-refractivity contribution in [3.8, 4) is 0 Å². The molecule has 0 fully saturated rings. The van der Waals surface area contributed by atoms with Gasteiger partial charge in [0.05, 0.1) is 5.69 Å². The van der Waals surface area contributed by atoms with Gasteiger partial charge in [0.2, 0.25) is 0 Å². The molecule has 2 rings (SSSR count). The maximum atomic E-state index is 13.1. The molecule has 0 spiro atoms. The Kier molecular flexibility index (Phi) is 4.44. The van der Waals surface area contributed by atoms with Crippen LogP contribution in [-0.4, -0.2) is 12.4 Å². The molecule has 0 aliphatic rings. The number of ether oxygens (including phenoxy) is 1. The fraction of sp³-hybridized carbons (Fsp3) is 0.0667. The second-order valence-electron chi connectivity index (χ2n) is 4.04. The Labute approximate surface area is 115 Å². The van der Waals surface area contributed by atoms with Crippen molar-refractivity contribution >= 4 is 18.1 Å². The van der Waals surface area contributed by atoms with Gasteiger partial charge in [0.25, 0.3) is 0 Å². The lowest BCUT2D eigenvalue weighted by atomic mass is 10.2. The molecule has 0 radical (unpaired) electrons. The van der Waals surface area contributed by atoms with E-state index >= 15 is 0 Å². The number of hydrogen-bond donors (Lipinski definition) is 1. The number of nitrogens with one attached hydrogen (secondary N) is 1. The molecule has 0 heterocycles. The molecule has 1 N–H and O–H groups in total. The monoisotopic (exact) mass is 273 g/mol. The Morgan fingerprint density at radius 3 is 2.65 bits per heavy atom. The van der Waals surface area contributed by atoms with Crippen LogP contribution in [0.15, 0.2) is 48.5 Å². The summed E-state index contributed by atoms with van der Waals surface area (Å²) in [6, 6.07) is 12.6. The van der Waals surface area contributed by atoms with Crippen molar-refractivity contribution in [3.05, 3.63) is 65.5 Å². The van der Waals surface area contributed by atoms with E-state index in [0.29, 0.717) is 6.29 Å². The summed E-state index contributed by atoms with van der Waals surface area (Å²) in [5.74, 6) is -0.547. The van der Waals surface area contributed by atoms with Crippen LogP contribution in [0.4, 0.5) is 14.9 Å². The molecule has 20 heavy (non-hydrogen) atoms. The minimum atomic E-state index is -0.748. The van der Waals surface area contributed by atoms with E-state index in [1.165, 1.54) is 6.07 Å². The van der Waals surface area contributed by atoms with E-state index in [1.807, 2.05) is 30.3 Å². The van der Waals surface area contributed by atoms with Crippen LogP contribution in [0.25, 0.3) is 0 Å². The average molecular weight is 273 g/mol. The molecule has 0 bridgehead atoms. The number of amides is 1. The average Bonchev–Trinajstić information content (AvgIpc) is 2.46. The summed E-state index contributed by atoms with van der Waals surface area (Å²) in [7, 11) is 0. The Bertz CT molecular complexity index is 614. The van der Waals surface area contributed by atoms with Gasteiger partial charge in [-0.3, -0.25) is 10.1 Å². The van der Waals surface area contributed by atoms with Crippen LogP contribution in [0.3, 0.4) is 0 Å². The summed E-state index contributed by atoms with van der Waals surface area (Å²) in [6.07, 6.45) is -0.214. The number of benzene rings is 2. The molecule has 2 aromatic carbocycles. The largest absolute Gasteiger partial charge is 0.444 e. The number of carbonyl (C=O) groups excluding carboxylic acids is 2. The van der Waals surface area contributed by atoms with Crippen LogP contribution < -0.4 is 5.32 Å². The first-order chi connectivity index (χ1) is 9.69. The van der Waals surface area contributed by atoms with Crippen molar-refractivity contribution in [2.45, 2.75) is 6.61 Å². The molecular formula is C15H12FNO3. The van der Waals surface area contributed by atoms with E-state index in [0.717, 1.165) is 17.7 Å². The Morgan fingerprint density at radius 2 is 1.95 bits per heavy atom. The maximum absolute atomic E-state index is 13.1. The van der Waals surface area contributed by atoms with Crippen LogP contribution in [0.1, 0.15) is 15.9 Å². The number of hydrogen-bond acceptors (Lipinski definition) is 3. The molecular weight excluding hydrogens is 261 g/mol. The molecule has 4 nitrogen and oxygen atoms in total. The summed E-state index contributed by atoms with van der Waals surface area (Å²) in [6.45, 7) is 0.0956. The molecule has 0 aliphatic heterocycles. The Hall–Kier alpha value is -2.69. The van der Waals surface area contributed by atoms with Gasteiger partial charge in [0.15, 0.2) is 6.29 Å². The fourth-order valence-electron chi connectivity index (χ4n) is 1.61. The van der Waals surface area contributed by atoms with Gasteiger partial charge in [-0.05, 0) is 23.8 Å². The quantitative estimate of drug-likeness (QED) is 0.869. The Morgan fingerprint density at radius 1 is 1.20 bits per heavy atom. The summed E-state index contributed by atoms with van der Waals surface area (Å²) < 4.78 is 18.1. The highest BCUT2D eigenvalue weighted by Gasteiger charge is 2.08. The van der Waals surface area contributed by atoms with Crippen molar-refractivity contribution < 1.29 is 18.7 Å². The molecule has 102 valence electrons. The topological polar surface area (TPSA) is 55.4 Å². The summed E-state index contributed by atoms with van der Waals surface area (Å²) in [4.78, 5) is 22.4. The molecule has 0 aliphatic carbocycles. The molecule has 0 unspecified atom stereocenters. The number of aldehydes is 1. The predicted octanol–water partition coefficient (Wildman–Crippen LogP) is 3.39. The van der Waals surface area contributed by atoms with E-state index in [9.17, 15) is 14.0 Å². The van der Waals surface area contributed by atoms with Crippen LogP contribution in [0, 0.1) is 5.82 Å². The molecule has 2 aromatic rings. The molecule has 0 aromatic heterocycles.